The molecule has 1 aromatic rings. The Bertz CT molecular complexity index is 250. The lowest BCUT2D eigenvalue weighted by molar-refractivity contribution is 0.146. The molecule has 0 aliphatic rings. The maximum Gasteiger partial charge on any atom is 0.157 e. The number of aromatic nitrogens is 2. The highest BCUT2D eigenvalue weighted by Crippen LogP contribution is 2.07. The number of aliphatic hydroxyl groups is 1. The van der Waals surface area contributed by atoms with E-state index in [1.807, 2.05) is 6.20 Å². The van der Waals surface area contributed by atoms with Crippen molar-refractivity contribution in [2.75, 3.05) is 26.9 Å². The van der Waals surface area contributed by atoms with E-state index >= 15 is 0 Å². The molecule has 0 fully saturated rings. The molecule has 1 heterocycles. The van der Waals surface area contributed by atoms with Gasteiger partial charge in [0.1, 0.15) is 6.61 Å². The summed E-state index contributed by atoms with van der Waals surface area (Å²) in [5.74, 6) is 0.736. The third-order valence-corrected chi connectivity index (χ3v) is 1.71. The number of hydrogen-bond donors (Lipinski definition) is 1. The molecular formula is C9H16N2O3. The van der Waals surface area contributed by atoms with E-state index in [1.165, 1.54) is 0 Å². The van der Waals surface area contributed by atoms with Crippen LogP contribution >= 0.6 is 0 Å². The number of methoxy groups -OCH3 is 1. The van der Waals surface area contributed by atoms with Crippen LogP contribution in [0.1, 0.15) is 6.42 Å². The lowest BCUT2D eigenvalue weighted by Crippen LogP contribution is -2.03. The maximum atomic E-state index is 8.62. The molecule has 0 unspecified atom stereocenters. The average molecular weight is 200 g/mol. The summed E-state index contributed by atoms with van der Waals surface area (Å²) in [5, 5.41) is 12.7. The Hall–Kier alpha value is -1.07. The van der Waals surface area contributed by atoms with Gasteiger partial charge in [0.15, 0.2) is 5.75 Å². The van der Waals surface area contributed by atoms with Gasteiger partial charge in [-0.1, -0.05) is 0 Å². The first-order valence-corrected chi connectivity index (χ1v) is 4.62. The number of rotatable bonds is 7. The summed E-state index contributed by atoms with van der Waals surface area (Å²) < 4.78 is 11.9. The minimum absolute atomic E-state index is 0.180. The summed E-state index contributed by atoms with van der Waals surface area (Å²) in [5.41, 5.74) is 0. The summed E-state index contributed by atoms with van der Waals surface area (Å²) >= 11 is 0. The zero-order valence-corrected chi connectivity index (χ0v) is 8.35. The largest absolute Gasteiger partial charge is 0.488 e. The highest BCUT2D eigenvalue weighted by atomic mass is 16.5. The van der Waals surface area contributed by atoms with Gasteiger partial charge in [-0.2, -0.15) is 5.10 Å². The van der Waals surface area contributed by atoms with E-state index in [9.17, 15) is 0 Å². The normalized spacial score (nSPS) is 10.4. The van der Waals surface area contributed by atoms with E-state index in [0.29, 0.717) is 26.2 Å². The fourth-order valence-corrected chi connectivity index (χ4v) is 1.02. The molecule has 0 aromatic carbocycles. The Balaban J connectivity index is 2.27. The van der Waals surface area contributed by atoms with Crippen molar-refractivity contribution >= 4 is 0 Å². The standard InChI is InChI=1S/C9H16N2O3/c1-13-5-6-14-9-7-10-11(8-9)3-2-4-12/h7-8,12H,2-6H2,1H3. The molecule has 0 saturated heterocycles. The van der Waals surface area contributed by atoms with Crippen LogP contribution in [0.2, 0.25) is 0 Å². The highest BCUT2D eigenvalue weighted by Gasteiger charge is 1.98. The summed E-state index contributed by atoms with van der Waals surface area (Å²) in [6.45, 7) is 1.99. The smallest absolute Gasteiger partial charge is 0.157 e. The molecule has 0 amide bonds. The van der Waals surface area contributed by atoms with Gasteiger partial charge in [-0.25, -0.2) is 0 Å². The lowest BCUT2D eigenvalue weighted by Gasteiger charge is -2.01. The zero-order chi connectivity index (χ0) is 10.2. The summed E-state index contributed by atoms with van der Waals surface area (Å²) in [4.78, 5) is 0. The number of aryl methyl sites for hydroxylation is 1. The lowest BCUT2D eigenvalue weighted by atomic mass is 10.4. The Morgan fingerprint density at radius 1 is 1.50 bits per heavy atom. The molecule has 0 atom stereocenters. The Morgan fingerprint density at radius 3 is 3.07 bits per heavy atom. The second-order valence-electron chi connectivity index (χ2n) is 2.86. The fraction of sp³-hybridized carbons (Fsp3) is 0.667. The molecule has 5 nitrogen and oxygen atoms in total. The van der Waals surface area contributed by atoms with Gasteiger partial charge in [0.25, 0.3) is 0 Å². The van der Waals surface area contributed by atoms with Crippen LogP contribution in [0.5, 0.6) is 5.75 Å². The molecule has 0 aliphatic carbocycles. The number of nitrogens with zero attached hydrogens (tertiary/aromatic N) is 2. The average Bonchev–Trinajstić information content (AvgIpc) is 2.63. The van der Waals surface area contributed by atoms with Gasteiger partial charge in [-0.3, -0.25) is 4.68 Å². The SMILES string of the molecule is COCCOc1cnn(CCCO)c1. The minimum Gasteiger partial charge on any atom is -0.488 e. The summed E-state index contributed by atoms with van der Waals surface area (Å²) in [6, 6.07) is 0. The van der Waals surface area contributed by atoms with Crippen LogP contribution in [-0.2, 0) is 11.3 Å². The molecule has 1 aromatic heterocycles. The molecule has 5 heteroatoms. The van der Waals surface area contributed by atoms with Crippen molar-refractivity contribution in [3.05, 3.63) is 12.4 Å². The van der Waals surface area contributed by atoms with Crippen molar-refractivity contribution in [1.29, 1.82) is 0 Å². The summed E-state index contributed by atoms with van der Waals surface area (Å²) in [7, 11) is 1.63. The van der Waals surface area contributed by atoms with Crippen LogP contribution in [0.3, 0.4) is 0 Å². The third kappa shape index (κ3) is 3.76. The van der Waals surface area contributed by atoms with Crippen molar-refractivity contribution < 1.29 is 14.6 Å². The van der Waals surface area contributed by atoms with Gasteiger partial charge in [-0.05, 0) is 6.42 Å². The number of aliphatic hydroxyl groups excluding tert-OH is 1. The molecule has 80 valence electrons. The molecule has 0 aliphatic heterocycles. The molecule has 1 N–H and O–H groups in total. The van der Waals surface area contributed by atoms with Gasteiger partial charge in [0, 0.05) is 20.3 Å². The quantitative estimate of drug-likeness (QED) is 0.643. The molecule has 0 spiro atoms. The van der Waals surface area contributed by atoms with E-state index < -0.39 is 0 Å². The van der Waals surface area contributed by atoms with E-state index in [-0.39, 0.29) is 6.61 Å². The van der Waals surface area contributed by atoms with Gasteiger partial charge < -0.3 is 14.6 Å². The summed E-state index contributed by atoms with van der Waals surface area (Å²) in [6.07, 6.45) is 4.18. The fourth-order valence-electron chi connectivity index (χ4n) is 1.02. The highest BCUT2D eigenvalue weighted by molar-refractivity contribution is 5.11. The first-order chi connectivity index (χ1) is 6.86. The van der Waals surface area contributed by atoms with Gasteiger partial charge in [0.05, 0.1) is 19.0 Å². The predicted molar refractivity (Wildman–Crippen MR) is 51.3 cm³/mol. The van der Waals surface area contributed by atoms with E-state index in [1.54, 1.807) is 18.0 Å². The van der Waals surface area contributed by atoms with Crippen LogP contribution in [0.25, 0.3) is 0 Å². The molecule has 0 bridgehead atoms. The monoisotopic (exact) mass is 200 g/mol. The van der Waals surface area contributed by atoms with Crippen LogP contribution in [-0.4, -0.2) is 41.8 Å². The predicted octanol–water partition coefficient (Wildman–Crippen LogP) is 0.291. The minimum atomic E-state index is 0.180. The van der Waals surface area contributed by atoms with Crippen molar-refractivity contribution in [1.82, 2.24) is 9.78 Å². The van der Waals surface area contributed by atoms with E-state index in [0.717, 1.165) is 5.75 Å². The Morgan fingerprint density at radius 2 is 2.36 bits per heavy atom. The molecular weight excluding hydrogens is 184 g/mol. The van der Waals surface area contributed by atoms with Crippen LogP contribution in [0.4, 0.5) is 0 Å². The van der Waals surface area contributed by atoms with Crippen LogP contribution < -0.4 is 4.74 Å². The van der Waals surface area contributed by atoms with E-state index in [4.69, 9.17) is 14.6 Å². The first-order valence-electron chi connectivity index (χ1n) is 4.62. The van der Waals surface area contributed by atoms with Crippen molar-refractivity contribution in [3.8, 4) is 5.75 Å². The van der Waals surface area contributed by atoms with Gasteiger partial charge in [-0.15, -0.1) is 0 Å². The number of ether oxygens (including phenoxy) is 2. The topological polar surface area (TPSA) is 56.5 Å². The second-order valence-corrected chi connectivity index (χ2v) is 2.86. The maximum absolute atomic E-state index is 8.62. The number of hydrogen-bond acceptors (Lipinski definition) is 4. The Labute approximate surface area is 83.2 Å². The third-order valence-electron chi connectivity index (χ3n) is 1.71. The zero-order valence-electron chi connectivity index (χ0n) is 8.35. The van der Waals surface area contributed by atoms with Crippen molar-refractivity contribution in [2.24, 2.45) is 0 Å². The van der Waals surface area contributed by atoms with Crippen molar-refractivity contribution in [3.63, 3.8) is 0 Å². The Kier molecular flexibility index (Phi) is 5.03. The van der Waals surface area contributed by atoms with Gasteiger partial charge in [0.2, 0.25) is 0 Å². The van der Waals surface area contributed by atoms with Crippen LogP contribution in [0.15, 0.2) is 12.4 Å². The second kappa shape index (κ2) is 6.39. The molecule has 14 heavy (non-hydrogen) atoms. The first kappa shape index (κ1) is 11.0. The molecule has 0 saturated carbocycles. The molecule has 0 radical (unpaired) electrons. The van der Waals surface area contributed by atoms with E-state index in [2.05, 4.69) is 5.10 Å². The van der Waals surface area contributed by atoms with Crippen molar-refractivity contribution in [2.45, 2.75) is 13.0 Å². The molecule has 1 rings (SSSR count). The van der Waals surface area contributed by atoms with Gasteiger partial charge >= 0.3 is 0 Å². The van der Waals surface area contributed by atoms with Crippen LogP contribution in [0, 0.1) is 0 Å².